The van der Waals surface area contributed by atoms with Crippen LogP contribution < -0.4 is 10.2 Å². The molecule has 1 aromatic heterocycles. The molecule has 0 spiro atoms. The van der Waals surface area contributed by atoms with Gasteiger partial charge >= 0.3 is 0 Å². The first-order chi connectivity index (χ1) is 16.6. The SMILES string of the molecule is CN1C(=O)C(=Nc2sc3c(c2C(=O)Nc2ccccc2)CC[C@@H](C(C)(C)C)C3)c2cc(Br)ccc21. The summed E-state index contributed by atoms with van der Waals surface area (Å²) < 4.78 is 0.882. The number of para-hydroxylation sites is 1. The second-order valence-corrected chi connectivity index (χ2v) is 12.3. The zero-order valence-corrected chi connectivity index (χ0v) is 22.7. The van der Waals surface area contributed by atoms with E-state index in [1.54, 1.807) is 23.3 Å². The molecule has 5 rings (SSSR count). The molecular formula is C28H28BrN3O2S. The molecule has 0 saturated heterocycles. The second-order valence-electron chi connectivity index (χ2n) is 10.3. The molecule has 7 heteroatoms. The van der Waals surface area contributed by atoms with Gasteiger partial charge in [-0.3, -0.25) is 9.59 Å². The van der Waals surface area contributed by atoms with Crippen LogP contribution in [-0.4, -0.2) is 24.6 Å². The van der Waals surface area contributed by atoms with Gasteiger partial charge in [-0.25, -0.2) is 4.99 Å². The zero-order valence-electron chi connectivity index (χ0n) is 20.3. The standard InChI is InChI=1S/C28H28BrN3O2S/c1-28(2,3)16-10-12-19-22(14-16)35-26(23(19)25(33)30-18-8-6-5-7-9-18)31-24-20-15-17(29)11-13-21(20)32(4)27(24)34/h5-9,11,13,15-16H,10,12,14H2,1-4H3,(H,30,33)/t16-/m1/s1. The largest absolute Gasteiger partial charge is 0.322 e. The van der Waals surface area contributed by atoms with E-state index in [2.05, 4.69) is 42.0 Å². The van der Waals surface area contributed by atoms with Crippen molar-refractivity contribution in [3.8, 4) is 0 Å². The number of hydrogen-bond acceptors (Lipinski definition) is 4. The Morgan fingerprint density at radius 3 is 2.63 bits per heavy atom. The number of thiophene rings is 1. The number of halogens is 1. The molecule has 35 heavy (non-hydrogen) atoms. The number of anilines is 2. The molecular weight excluding hydrogens is 522 g/mol. The Hall–Kier alpha value is -2.77. The Labute approximate surface area is 218 Å². The summed E-state index contributed by atoms with van der Waals surface area (Å²) in [5, 5.41) is 3.66. The summed E-state index contributed by atoms with van der Waals surface area (Å²) in [6, 6.07) is 15.2. The van der Waals surface area contributed by atoms with E-state index in [4.69, 9.17) is 4.99 Å². The average molecular weight is 551 g/mol. The highest BCUT2D eigenvalue weighted by Gasteiger charge is 2.36. The van der Waals surface area contributed by atoms with Gasteiger partial charge in [0, 0.05) is 27.6 Å². The summed E-state index contributed by atoms with van der Waals surface area (Å²) in [6.45, 7) is 6.84. The number of nitrogens with one attached hydrogen (secondary N) is 1. The number of aliphatic imine (C=N–C) groups is 1. The number of carbonyl (C=O) groups is 2. The van der Waals surface area contributed by atoms with E-state index in [1.165, 1.54) is 4.88 Å². The predicted molar refractivity (Wildman–Crippen MR) is 147 cm³/mol. The number of benzene rings is 2. The van der Waals surface area contributed by atoms with Crippen molar-refractivity contribution in [3.63, 3.8) is 0 Å². The summed E-state index contributed by atoms with van der Waals surface area (Å²) in [7, 11) is 1.76. The molecule has 0 saturated carbocycles. The van der Waals surface area contributed by atoms with Crippen molar-refractivity contribution in [1.29, 1.82) is 0 Å². The van der Waals surface area contributed by atoms with Gasteiger partial charge < -0.3 is 10.2 Å². The highest BCUT2D eigenvalue weighted by molar-refractivity contribution is 9.10. The highest BCUT2D eigenvalue weighted by Crippen LogP contribution is 2.46. The molecule has 3 aromatic rings. The first-order valence-corrected chi connectivity index (χ1v) is 13.4. The molecule has 0 radical (unpaired) electrons. The third-order valence-electron chi connectivity index (χ3n) is 7.03. The smallest absolute Gasteiger partial charge is 0.277 e. The van der Waals surface area contributed by atoms with Crippen molar-refractivity contribution >= 4 is 61.2 Å². The molecule has 1 N–H and O–H groups in total. The van der Waals surface area contributed by atoms with E-state index >= 15 is 0 Å². The van der Waals surface area contributed by atoms with Gasteiger partial charge in [0.1, 0.15) is 10.7 Å². The Kier molecular flexibility index (Phi) is 6.18. The van der Waals surface area contributed by atoms with Crippen molar-refractivity contribution in [2.24, 2.45) is 16.3 Å². The first kappa shape index (κ1) is 23.9. The number of fused-ring (bicyclic) bond motifs is 2. The number of likely N-dealkylation sites (N-methyl/N-ethyl adjacent to an activating group) is 1. The average Bonchev–Trinajstić information content (AvgIpc) is 3.29. The molecule has 0 fully saturated rings. The van der Waals surface area contributed by atoms with Crippen LogP contribution in [0.1, 0.15) is 53.6 Å². The van der Waals surface area contributed by atoms with E-state index in [0.717, 1.165) is 46.2 Å². The first-order valence-electron chi connectivity index (χ1n) is 11.8. The van der Waals surface area contributed by atoms with Crippen LogP contribution in [0.5, 0.6) is 0 Å². The summed E-state index contributed by atoms with van der Waals surface area (Å²) in [6.07, 6.45) is 2.80. The van der Waals surface area contributed by atoms with Gasteiger partial charge in [-0.15, -0.1) is 11.3 Å². The lowest BCUT2D eigenvalue weighted by Crippen LogP contribution is -2.27. The van der Waals surface area contributed by atoms with Gasteiger partial charge in [0.15, 0.2) is 0 Å². The number of nitrogens with zero attached hydrogens (tertiary/aromatic N) is 2. The molecule has 0 unspecified atom stereocenters. The number of hydrogen-bond donors (Lipinski definition) is 1. The van der Waals surface area contributed by atoms with Gasteiger partial charge in [-0.1, -0.05) is 54.9 Å². The topological polar surface area (TPSA) is 61.8 Å². The number of rotatable bonds is 3. The molecule has 5 nitrogen and oxygen atoms in total. The van der Waals surface area contributed by atoms with Gasteiger partial charge in [0.05, 0.1) is 11.3 Å². The summed E-state index contributed by atoms with van der Waals surface area (Å²) >= 11 is 5.08. The fraction of sp³-hybridized carbons (Fsp3) is 0.321. The lowest BCUT2D eigenvalue weighted by molar-refractivity contribution is -0.111. The second kappa shape index (κ2) is 9.03. The van der Waals surface area contributed by atoms with E-state index in [9.17, 15) is 9.59 Å². The quantitative estimate of drug-likeness (QED) is 0.381. The summed E-state index contributed by atoms with van der Waals surface area (Å²) in [5.74, 6) is 0.206. The van der Waals surface area contributed by atoms with Crippen LogP contribution in [0.4, 0.5) is 16.4 Å². The van der Waals surface area contributed by atoms with Gasteiger partial charge in [-0.05, 0) is 66.5 Å². The lowest BCUT2D eigenvalue weighted by atomic mass is 9.72. The minimum absolute atomic E-state index is 0.161. The van der Waals surface area contributed by atoms with Crippen LogP contribution in [0.15, 0.2) is 58.0 Å². The van der Waals surface area contributed by atoms with E-state index < -0.39 is 0 Å². The molecule has 0 bridgehead atoms. The summed E-state index contributed by atoms with van der Waals surface area (Å²) in [4.78, 5) is 34.5. The molecule has 1 atom stereocenters. The monoisotopic (exact) mass is 549 g/mol. The maximum absolute atomic E-state index is 13.6. The van der Waals surface area contributed by atoms with Crippen molar-refractivity contribution in [2.75, 3.05) is 17.3 Å². The Morgan fingerprint density at radius 1 is 1.17 bits per heavy atom. The maximum Gasteiger partial charge on any atom is 0.277 e. The van der Waals surface area contributed by atoms with E-state index in [0.29, 0.717) is 22.2 Å². The molecule has 2 aliphatic rings. The maximum atomic E-state index is 13.6. The molecule has 2 amide bonds. The van der Waals surface area contributed by atoms with Gasteiger partial charge in [0.2, 0.25) is 0 Å². The van der Waals surface area contributed by atoms with E-state index in [-0.39, 0.29) is 17.2 Å². The van der Waals surface area contributed by atoms with Crippen molar-refractivity contribution in [3.05, 3.63) is 74.6 Å². The fourth-order valence-corrected chi connectivity index (χ4v) is 6.58. The number of carbonyl (C=O) groups excluding carboxylic acids is 2. The predicted octanol–water partition coefficient (Wildman–Crippen LogP) is 7.01. The van der Waals surface area contributed by atoms with Crippen LogP contribution in [0.2, 0.25) is 0 Å². The third kappa shape index (κ3) is 4.47. The van der Waals surface area contributed by atoms with Crippen molar-refractivity contribution in [1.82, 2.24) is 0 Å². The highest BCUT2D eigenvalue weighted by atomic mass is 79.9. The van der Waals surface area contributed by atoms with Crippen molar-refractivity contribution < 1.29 is 9.59 Å². The van der Waals surface area contributed by atoms with Crippen LogP contribution in [-0.2, 0) is 17.6 Å². The van der Waals surface area contributed by atoms with Crippen LogP contribution in [0.25, 0.3) is 0 Å². The molecule has 1 aliphatic carbocycles. The summed E-state index contributed by atoms with van der Waals surface area (Å²) in [5.41, 5.74) is 4.59. The van der Waals surface area contributed by atoms with Crippen molar-refractivity contribution in [2.45, 2.75) is 40.0 Å². The Balaban J connectivity index is 1.62. The minimum atomic E-state index is -0.171. The molecule has 180 valence electrons. The molecule has 1 aliphatic heterocycles. The van der Waals surface area contributed by atoms with Gasteiger partial charge in [0.25, 0.3) is 11.8 Å². The van der Waals surface area contributed by atoms with Crippen LogP contribution >= 0.6 is 27.3 Å². The van der Waals surface area contributed by atoms with Crippen LogP contribution in [0.3, 0.4) is 0 Å². The van der Waals surface area contributed by atoms with Gasteiger partial charge in [-0.2, -0.15) is 0 Å². The zero-order chi connectivity index (χ0) is 24.9. The molecule has 2 heterocycles. The third-order valence-corrected chi connectivity index (χ3v) is 8.67. The fourth-order valence-electron chi connectivity index (χ4n) is 4.92. The van der Waals surface area contributed by atoms with Crippen LogP contribution in [0, 0.1) is 11.3 Å². The molecule has 2 aromatic carbocycles. The van der Waals surface area contributed by atoms with E-state index in [1.807, 2.05) is 48.5 Å². The lowest BCUT2D eigenvalue weighted by Gasteiger charge is -2.33. The Morgan fingerprint density at radius 2 is 1.91 bits per heavy atom. The number of amides is 2. The minimum Gasteiger partial charge on any atom is -0.322 e. The Bertz CT molecular complexity index is 1350. The normalized spacial score (nSPS) is 18.5.